The van der Waals surface area contributed by atoms with Crippen molar-refractivity contribution in [2.75, 3.05) is 46.9 Å². The third-order valence-corrected chi connectivity index (χ3v) is 4.55. The Labute approximate surface area is 143 Å². The van der Waals surface area contributed by atoms with E-state index in [0.29, 0.717) is 6.54 Å². The van der Waals surface area contributed by atoms with Gasteiger partial charge in [0.1, 0.15) is 5.75 Å². The lowest BCUT2D eigenvalue weighted by Crippen LogP contribution is -2.46. The van der Waals surface area contributed by atoms with Gasteiger partial charge in [-0.1, -0.05) is 30.3 Å². The van der Waals surface area contributed by atoms with Crippen LogP contribution in [-0.4, -0.2) is 62.5 Å². The van der Waals surface area contributed by atoms with Crippen LogP contribution >= 0.6 is 0 Å². The number of rotatable bonds is 5. The number of carbonyl (C=O) groups excluding carboxylic acids is 1. The van der Waals surface area contributed by atoms with Gasteiger partial charge in [-0.15, -0.1) is 0 Å². The molecule has 1 saturated heterocycles. The van der Waals surface area contributed by atoms with Crippen LogP contribution in [0.15, 0.2) is 48.5 Å². The Bertz CT molecular complexity index is 706. The minimum Gasteiger partial charge on any atom is -0.497 e. The number of benzene rings is 2. The van der Waals surface area contributed by atoms with Gasteiger partial charge in [-0.3, -0.25) is 9.69 Å². The van der Waals surface area contributed by atoms with E-state index in [-0.39, 0.29) is 5.78 Å². The number of hydrogen-bond donors (Lipinski definition) is 0. The van der Waals surface area contributed by atoms with E-state index in [1.165, 1.54) is 0 Å². The van der Waals surface area contributed by atoms with E-state index in [1.807, 2.05) is 48.5 Å². The van der Waals surface area contributed by atoms with Crippen molar-refractivity contribution >= 4 is 5.78 Å². The summed E-state index contributed by atoms with van der Waals surface area (Å²) in [7, 11) is 3.78. The summed E-state index contributed by atoms with van der Waals surface area (Å²) < 4.78 is 5.29. The molecule has 1 heterocycles. The predicted octanol–water partition coefficient (Wildman–Crippen LogP) is 2.79. The number of Topliss-reactive ketones (excluding diaryl/α,β-unsaturated/α-hetero) is 1. The molecule has 0 saturated carbocycles. The summed E-state index contributed by atoms with van der Waals surface area (Å²) in [6, 6.07) is 15.8. The van der Waals surface area contributed by atoms with Gasteiger partial charge in [0, 0.05) is 31.7 Å². The van der Waals surface area contributed by atoms with Crippen molar-refractivity contribution in [3.63, 3.8) is 0 Å². The van der Waals surface area contributed by atoms with Crippen molar-refractivity contribution in [3.05, 3.63) is 54.1 Å². The van der Waals surface area contributed by atoms with Crippen LogP contribution in [0.1, 0.15) is 10.4 Å². The van der Waals surface area contributed by atoms with Crippen molar-refractivity contribution in [2.24, 2.45) is 0 Å². The summed E-state index contributed by atoms with van der Waals surface area (Å²) in [6.45, 7) is 4.46. The van der Waals surface area contributed by atoms with Gasteiger partial charge >= 0.3 is 0 Å². The molecule has 2 aromatic rings. The first-order valence-electron chi connectivity index (χ1n) is 8.34. The molecule has 3 rings (SSSR count). The molecule has 2 aromatic carbocycles. The number of piperazine rings is 1. The molecule has 0 spiro atoms. The molecule has 1 aliphatic rings. The highest BCUT2D eigenvalue weighted by molar-refractivity contribution is 5.98. The van der Waals surface area contributed by atoms with Crippen LogP contribution < -0.4 is 4.74 Å². The number of methoxy groups -OCH3 is 1. The first kappa shape index (κ1) is 16.7. The first-order valence-corrected chi connectivity index (χ1v) is 8.34. The highest BCUT2D eigenvalue weighted by Gasteiger charge is 2.17. The summed E-state index contributed by atoms with van der Waals surface area (Å²) in [6.07, 6.45) is 0. The topological polar surface area (TPSA) is 32.8 Å². The lowest BCUT2D eigenvalue weighted by atomic mass is 10.0. The Kier molecular flexibility index (Phi) is 5.28. The molecule has 0 atom stereocenters. The Morgan fingerprint density at radius 3 is 2.38 bits per heavy atom. The maximum atomic E-state index is 12.6. The van der Waals surface area contributed by atoms with Crippen LogP contribution in [0.25, 0.3) is 11.1 Å². The SMILES string of the molecule is COc1cccc(-c2cccc(C(=O)CN3CCN(C)CC3)c2)c1. The fraction of sp³-hybridized carbons (Fsp3) is 0.350. The summed E-state index contributed by atoms with van der Waals surface area (Å²) in [5, 5.41) is 0. The Morgan fingerprint density at radius 1 is 1.00 bits per heavy atom. The van der Waals surface area contributed by atoms with E-state index in [1.54, 1.807) is 7.11 Å². The van der Waals surface area contributed by atoms with Gasteiger partial charge in [0.2, 0.25) is 0 Å². The highest BCUT2D eigenvalue weighted by Crippen LogP contribution is 2.24. The molecule has 0 N–H and O–H groups in total. The van der Waals surface area contributed by atoms with Crippen LogP contribution in [-0.2, 0) is 0 Å². The van der Waals surface area contributed by atoms with E-state index in [2.05, 4.69) is 16.8 Å². The van der Waals surface area contributed by atoms with Crippen LogP contribution in [0.3, 0.4) is 0 Å². The molecular weight excluding hydrogens is 300 g/mol. The number of nitrogens with zero attached hydrogens (tertiary/aromatic N) is 2. The minimum absolute atomic E-state index is 0.185. The average molecular weight is 324 g/mol. The van der Waals surface area contributed by atoms with Gasteiger partial charge in [0.25, 0.3) is 0 Å². The zero-order chi connectivity index (χ0) is 16.9. The van der Waals surface area contributed by atoms with Crippen molar-refractivity contribution in [3.8, 4) is 16.9 Å². The fourth-order valence-corrected chi connectivity index (χ4v) is 2.98. The Balaban J connectivity index is 1.73. The third-order valence-electron chi connectivity index (χ3n) is 4.55. The minimum atomic E-state index is 0.185. The third kappa shape index (κ3) is 4.02. The number of ketones is 1. The zero-order valence-electron chi connectivity index (χ0n) is 14.4. The molecule has 0 aromatic heterocycles. The van der Waals surface area contributed by atoms with Crippen LogP contribution in [0.5, 0.6) is 5.75 Å². The molecule has 4 heteroatoms. The molecule has 4 nitrogen and oxygen atoms in total. The summed E-state index contributed by atoms with van der Waals surface area (Å²) in [5.74, 6) is 1.01. The zero-order valence-corrected chi connectivity index (χ0v) is 14.4. The quantitative estimate of drug-likeness (QED) is 0.792. The monoisotopic (exact) mass is 324 g/mol. The van der Waals surface area contributed by atoms with Crippen molar-refractivity contribution in [1.29, 1.82) is 0 Å². The van der Waals surface area contributed by atoms with Crippen LogP contribution in [0, 0.1) is 0 Å². The molecule has 0 unspecified atom stereocenters. The van der Waals surface area contributed by atoms with E-state index >= 15 is 0 Å². The predicted molar refractivity (Wildman–Crippen MR) is 96.7 cm³/mol. The van der Waals surface area contributed by atoms with Crippen LogP contribution in [0.2, 0.25) is 0 Å². The standard InChI is InChI=1S/C20H24N2O2/c1-21-9-11-22(12-10-21)15-20(23)18-7-3-5-16(13-18)17-6-4-8-19(14-17)24-2/h3-8,13-14H,9-12,15H2,1-2H3. The lowest BCUT2D eigenvalue weighted by Gasteiger charge is -2.31. The fourth-order valence-electron chi connectivity index (χ4n) is 2.98. The van der Waals surface area contributed by atoms with Crippen molar-refractivity contribution in [1.82, 2.24) is 9.80 Å². The molecular formula is C20H24N2O2. The Hall–Kier alpha value is -2.17. The van der Waals surface area contributed by atoms with Gasteiger partial charge in [0.05, 0.1) is 13.7 Å². The van der Waals surface area contributed by atoms with Gasteiger partial charge in [-0.25, -0.2) is 0 Å². The normalized spacial score (nSPS) is 16.1. The van der Waals surface area contributed by atoms with E-state index in [4.69, 9.17) is 4.74 Å². The molecule has 126 valence electrons. The first-order chi connectivity index (χ1) is 11.7. The molecule has 0 amide bonds. The average Bonchev–Trinajstić information content (AvgIpc) is 2.64. The van der Waals surface area contributed by atoms with Gasteiger partial charge in [0.15, 0.2) is 5.78 Å². The van der Waals surface area contributed by atoms with E-state index in [9.17, 15) is 4.79 Å². The molecule has 24 heavy (non-hydrogen) atoms. The number of ether oxygens (including phenoxy) is 1. The molecule has 0 aliphatic carbocycles. The van der Waals surface area contributed by atoms with Gasteiger partial charge in [-0.05, 0) is 36.4 Å². The lowest BCUT2D eigenvalue weighted by molar-refractivity contribution is 0.0876. The second-order valence-electron chi connectivity index (χ2n) is 6.32. The maximum Gasteiger partial charge on any atom is 0.176 e. The second-order valence-corrected chi connectivity index (χ2v) is 6.32. The maximum absolute atomic E-state index is 12.6. The molecule has 1 aliphatic heterocycles. The Morgan fingerprint density at radius 2 is 1.67 bits per heavy atom. The van der Waals surface area contributed by atoms with Crippen molar-refractivity contribution < 1.29 is 9.53 Å². The second kappa shape index (κ2) is 7.60. The molecule has 0 radical (unpaired) electrons. The number of likely N-dealkylation sites (N-methyl/N-ethyl adjacent to an activating group) is 1. The highest BCUT2D eigenvalue weighted by atomic mass is 16.5. The number of hydrogen-bond acceptors (Lipinski definition) is 4. The smallest absolute Gasteiger partial charge is 0.176 e. The molecule has 1 fully saturated rings. The van der Waals surface area contributed by atoms with Gasteiger partial charge in [-0.2, -0.15) is 0 Å². The number of carbonyl (C=O) groups is 1. The summed E-state index contributed by atoms with van der Waals surface area (Å²) in [5.41, 5.74) is 2.87. The van der Waals surface area contributed by atoms with Crippen LogP contribution in [0.4, 0.5) is 0 Å². The van der Waals surface area contributed by atoms with Crippen molar-refractivity contribution in [2.45, 2.75) is 0 Å². The molecule has 0 bridgehead atoms. The van der Waals surface area contributed by atoms with E-state index in [0.717, 1.165) is 48.6 Å². The summed E-state index contributed by atoms with van der Waals surface area (Å²) in [4.78, 5) is 17.2. The van der Waals surface area contributed by atoms with Gasteiger partial charge < -0.3 is 9.64 Å². The largest absolute Gasteiger partial charge is 0.497 e. The van der Waals surface area contributed by atoms with E-state index < -0.39 is 0 Å². The summed E-state index contributed by atoms with van der Waals surface area (Å²) >= 11 is 0.